The summed E-state index contributed by atoms with van der Waals surface area (Å²) in [6, 6.07) is 0. The van der Waals surface area contributed by atoms with E-state index in [4.69, 9.17) is 19.3 Å². The molecule has 0 unspecified atom stereocenters. The maximum absolute atomic E-state index is 11.9. The summed E-state index contributed by atoms with van der Waals surface area (Å²) in [7, 11) is 0. The molecular weight excluding hydrogens is 328 g/mol. The highest BCUT2D eigenvalue weighted by Gasteiger charge is 2.47. The molecule has 0 radical (unpaired) electrons. The molecule has 10 heteroatoms. The van der Waals surface area contributed by atoms with Gasteiger partial charge in [-0.2, -0.15) is 0 Å². The smallest absolute Gasteiger partial charge is 0.309 e. The van der Waals surface area contributed by atoms with Crippen LogP contribution < -0.4 is 0 Å². The Hall–Kier alpha value is -1.30. The Bertz CT molecular complexity index is 435. The van der Waals surface area contributed by atoms with E-state index in [0.29, 0.717) is 0 Å². The molecule has 0 aromatic carbocycles. The summed E-state index contributed by atoms with van der Waals surface area (Å²) in [5, 5.41) is 47.8. The van der Waals surface area contributed by atoms with E-state index >= 15 is 0 Å². The zero-order chi connectivity index (χ0) is 18.5. The van der Waals surface area contributed by atoms with Gasteiger partial charge in [0.2, 0.25) is 0 Å². The van der Waals surface area contributed by atoms with Crippen molar-refractivity contribution >= 4 is 11.9 Å². The van der Waals surface area contributed by atoms with Crippen LogP contribution in [0.15, 0.2) is 0 Å². The molecular formula is C14H24O10. The van der Waals surface area contributed by atoms with E-state index < -0.39 is 67.7 Å². The predicted octanol–water partition coefficient (Wildman–Crippen LogP) is -2.01. The van der Waals surface area contributed by atoms with Gasteiger partial charge < -0.3 is 39.7 Å². The van der Waals surface area contributed by atoms with Crippen LogP contribution in [0.3, 0.4) is 0 Å². The summed E-state index contributed by atoms with van der Waals surface area (Å²) in [6.45, 7) is 2.37. The number of rotatable bonds is 8. The highest BCUT2D eigenvalue weighted by atomic mass is 16.7. The number of ether oxygens (including phenoxy) is 3. The number of hydrogen-bond acceptors (Lipinski definition) is 9. The molecule has 0 aromatic heterocycles. The van der Waals surface area contributed by atoms with Crippen molar-refractivity contribution in [3.05, 3.63) is 0 Å². The minimum atomic E-state index is -1.84. The van der Waals surface area contributed by atoms with Crippen molar-refractivity contribution in [2.45, 2.75) is 63.0 Å². The second-order valence-electron chi connectivity index (χ2n) is 5.86. The van der Waals surface area contributed by atoms with Crippen LogP contribution in [0.4, 0.5) is 0 Å². The summed E-state index contributed by atoms with van der Waals surface area (Å²) in [6.07, 6.45) is -8.14. The van der Waals surface area contributed by atoms with E-state index in [9.17, 15) is 30.0 Å². The number of aliphatic hydroxyl groups is 4. The van der Waals surface area contributed by atoms with Crippen molar-refractivity contribution in [1.82, 2.24) is 0 Å². The van der Waals surface area contributed by atoms with E-state index in [0.717, 1.165) is 6.92 Å². The summed E-state index contributed by atoms with van der Waals surface area (Å²) >= 11 is 0. The van der Waals surface area contributed by atoms with E-state index in [2.05, 4.69) is 0 Å². The normalized spacial score (nSPS) is 32.8. The molecule has 1 heterocycles. The standard InChI is InChI=1S/C14H24O10/c1-3-22-13-11(20)10(19)12(7(6-15)23-13)24-9(18)5-14(2,21)4-8(16)17/h7,10-13,15,19-21H,3-6H2,1-2H3,(H,16,17)/t7-,10-,11-,12-,13-,14+/m1/s1. The number of carbonyl (C=O) groups is 2. The number of carboxylic acid groups (broad SMARTS) is 1. The van der Waals surface area contributed by atoms with Gasteiger partial charge in [-0.25, -0.2) is 0 Å². The lowest BCUT2D eigenvalue weighted by molar-refractivity contribution is -0.302. The van der Waals surface area contributed by atoms with Crippen LogP contribution in [0.5, 0.6) is 0 Å². The van der Waals surface area contributed by atoms with E-state index in [1.807, 2.05) is 0 Å². The number of aliphatic hydroxyl groups excluding tert-OH is 3. The van der Waals surface area contributed by atoms with Crippen LogP contribution in [0.2, 0.25) is 0 Å². The van der Waals surface area contributed by atoms with Crippen LogP contribution in [0, 0.1) is 0 Å². The molecule has 0 spiro atoms. The summed E-state index contributed by atoms with van der Waals surface area (Å²) < 4.78 is 15.3. The Morgan fingerprint density at radius 1 is 1.21 bits per heavy atom. The van der Waals surface area contributed by atoms with E-state index in [1.54, 1.807) is 6.92 Å². The van der Waals surface area contributed by atoms with Gasteiger partial charge in [-0.15, -0.1) is 0 Å². The zero-order valence-corrected chi connectivity index (χ0v) is 13.5. The predicted molar refractivity (Wildman–Crippen MR) is 76.8 cm³/mol. The number of carbonyl (C=O) groups excluding carboxylic acids is 1. The Balaban J connectivity index is 2.73. The van der Waals surface area contributed by atoms with Gasteiger partial charge in [0, 0.05) is 6.61 Å². The topological polar surface area (TPSA) is 163 Å². The van der Waals surface area contributed by atoms with Crippen molar-refractivity contribution in [1.29, 1.82) is 0 Å². The van der Waals surface area contributed by atoms with Gasteiger partial charge in [0.05, 0.1) is 25.0 Å². The van der Waals surface area contributed by atoms with Crippen LogP contribution in [0.25, 0.3) is 0 Å². The van der Waals surface area contributed by atoms with E-state index in [1.165, 1.54) is 0 Å². The molecule has 1 saturated heterocycles. The molecule has 0 saturated carbocycles. The molecule has 6 atom stereocenters. The Morgan fingerprint density at radius 3 is 2.33 bits per heavy atom. The number of esters is 1. The molecule has 24 heavy (non-hydrogen) atoms. The summed E-state index contributed by atoms with van der Waals surface area (Å²) in [5.41, 5.74) is -1.84. The average Bonchev–Trinajstić information content (AvgIpc) is 2.44. The van der Waals surface area contributed by atoms with Crippen LogP contribution in [-0.2, 0) is 23.8 Å². The Morgan fingerprint density at radius 2 is 1.83 bits per heavy atom. The fourth-order valence-electron chi connectivity index (χ4n) is 2.39. The fourth-order valence-corrected chi connectivity index (χ4v) is 2.39. The molecule has 10 nitrogen and oxygen atoms in total. The van der Waals surface area contributed by atoms with Gasteiger partial charge in [0.25, 0.3) is 0 Å². The third kappa shape index (κ3) is 5.65. The van der Waals surface area contributed by atoms with Crippen molar-refractivity contribution < 1.29 is 49.3 Å². The van der Waals surface area contributed by atoms with Crippen LogP contribution >= 0.6 is 0 Å². The van der Waals surface area contributed by atoms with Gasteiger partial charge in [0.1, 0.15) is 18.3 Å². The molecule has 5 N–H and O–H groups in total. The minimum Gasteiger partial charge on any atom is -0.481 e. The molecule has 1 fully saturated rings. The molecule has 0 bridgehead atoms. The lowest BCUT2D eigenvalue weighted by Crippen LogP contribution is -2.60. The lowest BCUT2D eigenvalue weighted by Gasteiger charge is -2.41. The molecule has 0 aromatic rings. The molecule has 1 rings (SSSR count). The third-order valence-corrected chi connectivity index (χ3v) is 3.48. The van der Waals surface area contributed by atoms with Gasteiger partial charge >= 0.3 is 11.9 Å². The third-order valence-electron chi connectivity index (χ3n) is 3.48. The van der Waals surface area contributed by atoms with Crippen LogP contribution in [-0.4, -0.2) is 87.0 Å². The molecule has 1 aliphatic heterocycles. The van der Waals surface area contributed by atoms with Crippen molar-refractivity contribution in [3.63, 3.8) is 0 Å². The first-order valence-corrected chi connectivity index (χ1v) is 7.49. The Labute approximate surface area is 138 Å². The fraction of sp³-hybridized carbons (Fsp3) is 0.857. The monoisotopic (exact) mass is 352 g/mol. The van der Waals surface area contributed by atoms with Crippen LogP contribution in [0.1, 0.15) is 26.7 Å². The first-order chi connectivity index (χ1) is 11.1. The maximum Gasteiger partial charge on any atom is 0.309 e. The molecule has 1 aliphatic rings. The highest BCUT2D eigenvalue weighted by Crippen LogP contribution is 2.25. The van der Waals surface area contributed by atoms with Gasteiger partial charge in [-0.1, -0.05) is 0 Å². The second kappa shape index (κ2) is 8.70. The molecule has 0 amide bonds. The SMILES string of the molecule is CCO[C@@H]1O[C@H](CO)[C@@H](OC(=O)C[C@@](C)(O)CC(=O)O)[C@H](O)[C@H]1O. The number of aliphatic carboxylic acids is 1. The minimum absolute atomic E-state index is 0.190. The Kier molecular flexibility index (Phi) is 7.52. The van der Waals surface area contributed by atoms with Gasteiger partial charge in [-0.3, -0.25) is 9.59 Å². The molecule has 0 aliphatic carbocycles. The van der Waals surface area contributed by atoms with Gasteiger partial charge in [0.15, 0.2) is 12.4 Å². The largest absolute Gasteiger partial charge is 0.481 e. The van der Waals surface area contributed by atoms with Crippen molar-refractivity contribution in [2.24, 2.45) is 0 Å². The highest BCUT2D eigenvalue weighted by molar-refractivity contribution is 5.74. The summed E-state index contributed by atoms with van der Waals surface area (Å²) in [5.74, 6) is -2.30. The first-order valence-electron chi connectivity index (χ1n) is 7.49. The first kappa shape index (κ1) is 20.7. The summed E-state index contributed by atoms with van der Waals surface area (Å²) in [4.78, 5) is 22.5. The average molecular weight is 352 g/mol. The second-order valence-corrected chi connectivity index (χ2v) is 5.86. The van der Waals surface area contributed by atoms with E-state index in [-0.39, 0.29) is 6.61 Å². The quantitative estimate of drug-likeness (QED) is 0.308. The lowest BCUT2D eigenvalue weighted by atomic mass is 9.97. The molecule has 140 valence electrons. The van der Waals surface area contributed by atoms with Crippen molar-refractivity contribution in [2.75, 3.05) is 13.2 Å². The van der Waals surface area contributed by atoms with Gasteiger partial charge in [-0.05, 0) is 13.8 Å². The number of hydrogen-bond donors (Lipinski definition) is 5. The number of carboxylic acids is 1. The van der Waals surface area contributed by atoms with Crippen molar-refractivity contribution in [3.8, 4) is 0 Å². The zero-order valence-electron chi connectivity index (χ0n) is 13.5. The maximum atomic E-state index is 11.9.